The Kier molecular flexibility index (Phi) is 6.71. The smallest absolute Gasteiger partial charge is 0.248 e. The van der Waals surface area contributed by atoms with Gasteiger partial charge in [0, 0.05) is 11.5 Å². The van der Waals surface area contributed by atoms with Crippen LogP contribution in [0.1, 0.15) is 34.3 Å². The number of hydrogen-bond donors (Lipinski definition) is 3. The van der Waals surface area contributed by atoms with E-state index in [4.69, 9.17) is 11.5 Å². The predicted octanol–water partition coefficient (Wildman–Crippen LogP) is 1.81. The highest BCUT2D eigenvalue weighted by atomic mass is 16.3. The van der Waals surface area contributed by atoms with Crippen molar-refractivity contribution in [1.29, 1.82) is 0 Å². The Hall–Kier alpha value is -2.66. The molecule has 0 heterocycles. The summed E-state index contributed by atoms with van der Waals surface area (Å²) in [4.78, 5) is 23.0. The Morgan fingerprint density at radius 2 is 1.64 bits per heavy atom. The van der Waals surface area contributed by atoms with Gasteiger partial charge in [0.25, 0.3) is 0 Å². The van der Waals surface area contributed by atoms with E-state index in [1.165, 1.54) is 0 Å². The summed E-state index contributed by atoms with van der Waals surface area (Å²) < 4.78 is 0. The van der Waals surface area contributed by atoms with E-state index in [9.17, 15) is 14.7 Å². The first-order valence-electron chi connectivity index (χ1n) is 8.35. The summed E-state index contributed by atoms with van der Waals surface area (Å²) in [6.07, 6.45) is 1.36. The minimum Gasteiger partial charge on any atom is -0.393 e. The van der Waals surface area contributed by atoms with Crippen molar-refractivity contribution in [2.75, 3.05) is 0 Å². The van der Waals surface area contributed by atoms with Gasteiger partial charge in [-0.15, -0.1) is 0 Å². The average molecular weight is 340 g/mol. The quantitative estimate of drug-likeness (QED) is 0.648. The molecule has 0 aliphatic carbocycles. The van der Waals surface area contributed by atoms with Gasteiger partial charge in [-0.2, -0.15) is 0 Å². The summed E-state index contributed by atoms with van der Waals surface area (Å²) in [6, 6.07) is 16.7. The third-order valence-electron chi connectivity index (χ3n) is 4.26. The van der Waals surface area contributed by atoms with Crippen molar-refractivity contribution in [2.24, 2.45) is 17.4 Å². The molecule has 25 heavy (non-hydrogen) atoms. The molecule has 0 saturated heterocycles. The highest BCUT2D eigenvalue weighted by molar-refractivity contribution is 5.92. The van der Waals surface area contributed by atoms with E-state index >= 15 is 0 Å². The molecule has 0 aliphatic rings. The van der Waals surface area contributed by atoms with Gasteiger partial charge in [0.15, 0.2) is 0 Å². The lowest BCUT2D eigenvalue weighted by Gasteiger charge is -2.18. The Morgan fingerprint density at radius 3 is 2.28 bits per heavy atom. The number of aliphatic hydroxyl groups is 1. The summed E-state index contributed by atoms with van der Waals surface area (Å²) >= 11 is 0. The molecule has 2 aromatic rings. The lowest BCUT2D eigenvalue weighted by atomic mass is 9.90. The van der Waals surface area contributed by atoms with Crippen LogP contribution in [0.4, 0.5) is 0 Å². The number of amides is 2. The molecular weight excluding hydrogens is 316 g/mol. The number of carbonyl (C=O) groups excluding carboxylic acids is 2. The van der Waals surface area contributed by atoms with Crippen LogP contribution in [0, 0.1) is 5.92 Å². The van der Waals surface area contributed by atoms with Crippen LogP contribution in [0.15, 0.2) is 54.6 Å². The number of carbonyl (C=O) groups is 2. The van der Waals surface area contributed by atoms with Gasteiger partial charge in [-0.1, -0.05) is 42.5 Å². The van der Waals surface area contributed by atoms with Crippen LogP contribution in [0.3, 0.4) is 0 Å². The van der Waals surface area contributed by atoms with E-state index in [0.717, 1.165) is 17.5 Å². The standard InChI is InChI=1S/C20H24N2O3/c21-19(24)16-8-4-7-15(11-16)12-17(20(22)25)13-18(23)10-9-14-5-2-1-3-6-14/h1-8,11,17-18,23H,9-10,12-13H2,(H2,21,24)(H2,22,25)/t17-,18+/m1/s1. The van der Waals surface area contributed by atoms with Crippen LogP contribution < -0.4 is 11.5 Å². The van der Waals surface area contributed by atoms with E-state index in [2.05, 4.69) is 0 Å². The minimum absolute atomic E-state index is 0.295. The summed E-state index contributed by atoms with van der Waals surface area (Å²) in [5, 5.41) is 10.3. The monoisotopic (exact) mass is 340 g/mol. The van der Waals surface area contributed by atoms with Crippen molar-refractivity contribution in [2.45, 2.75) is 31.8 Å². The van der Waals surface area contributed by atoms with Crippen LogP contribution in [-0.2, 0) is 17.6 Å². The molecule has 2 aromatic carbocycles. The minimum atomic E-state index is -0.614. The Morgan fingerprint density at radius 1 is 0.960 bits per heavy atom. The van der Waals surface area contributed by atoms with E-state index in [0.29, 0.717) is 24.8 Å². The van der Waals surface area contributed by atoms with Gasteiger partial charge in [-0.25, -0.2) is 0 Å². The largest absolute Gasteiger partial charge is 0.393 e. The second kappa shape index (κ2) is 8.99. The molecule has 0 radical (unpaired) electrons. The van der Waals surface area contributed by atoms with Gasteiger partial charge in [0.1, 0.15) is 0 Å². The maximum Gasteiger partial charge on any atom is 0.248 e. The first-order chi connectivity index (χ1) is 12.0. The molecule has 5 nitrogen and oxygen atoms in total. The van der Waals surface area contributed by atoms with Gasteiger partial charge < -0.3 is 16.6 Å². The number of primary amides is 2. The number of nitrogens with two attached hydrogens (primary N) is 2. The van der Waals surface area contributed by atoms with Gasteiger partial charge >= 0.3 is 0 Å². The van der Waals surface area contributed by atoms with Gasteiger partial charge in [-0.3, -0.25) is 9.59 Å². The second-order valence-electron chi connectivity index (χ2n) is 6.28. The van der Waals surface area contributed by atoms with Crippen molar-refractivity contribution >= 4 is 11.8 Å². The van der Waals surface area contributed by atoms with Crippen molar-refractivity contribution in [3.8, 4) is 0 Å². The highest BCUT2D eigenvalue weighted by Crippen LogP contribution is 2.18. The zero-order valence-corrected chi connectivity index (χ0v) is 14.1. The van der Waals surface area contributed by atoms with Crippen LogP contribution in [0.2, 0.25) is 0 Å². The number of aliphatic hydroxyl groups excluding tert-OH is 1. The first kappa shape index (κ1) is 18.7. The predicted molar refractivity (Wildman–Crippen MR) is 96.7 cm³/mol. The van der Waals surface area contributed by atoms with Crippen LogP contribution in [-0.4, -0.2) is 23.0 Å². The molecule has 5 N–H and O–H groups in total. The SMILES string of the molecule is NC(=O)c1cccc(C[C@H](C[C@@H](O)CCc2ccccc2)C(N)=O)c1. The third-order valence-corrected chi connectivity index (χ3v) is 4.26. The molecular formula is C20H24N2O3. The van der Waals surface area contributed by atoms with Crippen LogP contribution >= 0.6 is 0 Å². The lowest BCUT2D eigenvalue weighted by Crippen LogP contribution is -2.29. The van der Waals surface area contributed by atoms with E-state index in [1.54, 1.807) is 18.2 Å². The normalized spacial score (nSPS) is 13.2. The fraction of sp³-hybridized carbons (Fsp3) is 0.300. The van der Waals surface area contributed by atoms with Crippen molar-refractivity contribution in [3.63, 3.8) is 0 Å². The van der Waals surface area contributed by atoms with Crippen LogP contribution in [0.5, 0.6) is 0 Å². The number of hydrogen-bond acceptors (Lipinski definition) is 3. The number of benzene rings is 2. The molecule has 0 aliphatic heterocycles. The molecule has 0 bridgehead atoms. The number of rotatable bonds is 9. The topological polar surface area (TPSA) is 106 Å². The summed E-state index contributed by atoms with van der Waals surface area (Å²) in [6.45, 7) is 0. The molecule has 132 valence electrons. The highest BCUT2D eigenvalue weighted by Gasteiger charge is 2.20. The zero-order valence-electron chi connectivity index (χ0n) is 14.1. The van der Waals surface area contributed by atoms with Gasteiger partial charge in [-0.05, 0) is 48.9 Å². The fourth-order valence-electron chi connectivity index (χ4n) is 2.86. The molecule has 0 saturated carbocycles. The maximum absolute atomic E-state index is 11.8. The second-order valence-corrected chi connectivity index (χ2v) is 6.28. The molecule has 2 amide bonds. The van der Waals surface area contributed by atoms with E-state index < -0.39 is 23.8 Å². The maximum atomic E-state index is 11.8. The zero-order chi connectivity index (χ0) is 18.2. The summed E-state index contributed by atoms with van der Waals surface area (Å²) in [5.74, 6) is -1.46. The van der Waals surface area contributed by atoms with Crippen molar-refractivity contribution < 1.29 is 14.7 Å². The summed E-state index contributed by atoms with van der Waals surface area (Å²) in [7, 11) is 0. The molecule has 5 heteroatoms. The Bertz CT molecular complexity index is 716. The Labute approximate surface area is 147 Å². The summed E-state index contributed by atoms with van der Waals surface area (Å²) in [5.41, 5.74) is 13.1. The third kappa shape index (κ3) is 6.04. The molecule has 0 aromatic heterocycles. The molecule has 2 rings (SSSR count). The average Bonchev–Trinajstić information content (AvgIpc) is 2.60. The molecule has 0 spiro atoms. The van der Waals surface area contributed by atoms with Crippen molar-refractivity contribution in [3.05, 3.63) is 71.3 Å². The van der Waals surface area contributed by atoms with Gasteiger partial charge in [0.2, 0.25) is 11.8 Å². The number of aryl methyl sites for hydroxylation is 1. The van der Waals surface area contributed by atoms with E-state index in [1.807, 2.05) is 36.4 Å². The molecule has 2 atom stereocenters. The van der Waals surface area contributed by atoms with Crippen molar-refractivity contribution in [1.82, 2.24) is 0 Å². The molecule has 0 fully saturated rings. The van der Waals surface area contributed by atoms with Crippen LogP contribution in [0.25, 0.3) is 0 Å². The Balaban J connectivity index is 1.95. The van der Waals surface area contributed by atoms with Gasteiger partial charge in [0.05, 0.1) is 6.10 Å². The fourth-order valence-corrected chi connectivity index (χ4v) is 2.86. The first-order valence-corrected chi connectivity index (χ1v) is 8.35. The van der Waals surface area contributed by atoms with E-state index in [-0.39, 0.29) is 0 Å². The lowest BCUT2D eigenvalue weighted by molar-refractivity contribution is -0.122. The molecule has 0 unspecified atom stereocenters.